The first kappa shape index (κ1) is 16.1. The third kappa shape index (κ3) is 3.79. The van der Waals surface area contributed by atoms with Gasteiger partial charge in [-0.2, -0.15) is 0 Å². The monoisotopic (exact) mass is 330 g/mol. The number of rotatable bonds is 4. The number of aliphatic hydroxyl groups is 1. The predicted molar refractivity (Wildman–Crippen MR) is 92.6 cm³/mol. The summed E-state index contributed by atoms with van der Waals surface area (Å²) in [5, 5.41) is 13.2. The number of carbonyl (C=O) groups excluding carboxylic acids is 1. The van der Waals surface area contributed by atoms with Gasteiger partial charge in [0, 0.05) is 18.2 Å². The Hall–Kier alpha value is -1.72. The summed E-state index contributed by atoms with van der Waals surface area (Å²) < 4.78 is 0. The molecule has 2 aromatic rings. The number of nitrogens with one attached hydrogen (secondary N) is 1. The van der Waals surface area contributed by atoms with E-state index in [1.54, 1.807) is 0 Å². The number of amides is 1. The van der Waals surface area contributed by atoms with Crippen LogP contribution in [-0.4, -0.2) is 28.6 Å². The molecule has 1 amide bonds. The van der Waals surface area contributed by atoms with E-state index in [1.807, 2.05) is 37.3 Å². The summed E-state index contributed by atoms with van der Waals surface area (Å²) in [5.74, 6) is 0.382. The normalized spacial score (nSPS) is 21.1. The molecule has 23 heavy (non-hydrogen) atoms. The Balaban J connectivity index is 1.67. The second-order valence-corrected chi connectivity index (χ2v) is 7.17. The summed E-state index contributed by atoms with van der Waals surface area (Å²) >= 11 is 1.45. The molecular formula is C18H22N2O2S. The van der Waals surface area contributed by atoms with E-state index < -0.39 is 0 Å². The molecule has 1 aromatic heterocycles. The van der Waals surface area contributed by atoms with Crippen LogP contribution in [0.3, 0.4) is 0 Å². The molecule has 0 radical (unpaired) electrons. The molecule has 1 heterocycles. The Labute approximate surface area is 140 Å². The van der Waals surface area contributed by atoms with Gasteiger partial charge in [-0.25, -0.2) is 4.98 Å². The standard InChI is InChI=1S/C18H22N2O2S/c1-12-16(23-18(19-12)14-5-3-2-4-6-14)17(22)20-15-9-7-13(11-21)8-10-15/h2-6,13,15,21H,7-11H2,1H3,(H,20,22). The van der Waals surface area contributed by atoms with Crippen molar-refractivity contribution in [1.82, 2.24) is 10.3 Å². The number of thiazole rings is 1. The van der Waals surface area contributed by atoms with Crippen molar-refractivity contribution in [3.05, 3.63) is 40.9 Å². The van der Waals surface area contributed by atoms with Gasteiger partial charge >= 0.3 is 0 Å². The van der Waals surface area contributed by atoms with Crippen LogP contribution in [0.2, 0.25) is 0 Å². The highest BCUT2D eigenvalue weighted by atomic mass is 32.1. The lowest BCUT2D eigenvalue weighted by atomic mass is 9.86. The van der Waals surface area contributed by atoms with Crippen molar-refractivity contribution in [2.75, 3.05) is 6.61 Å². The average molecular weight is 330 g/mol. The molecule has 1 aliphatic rings. The summed E-state index contributed by atoms with van der Waals surface area (Å²) in [5.41, 5.74) is 1.83. The summed E-state index contributed by atoms with van der Waals surface area (Å²) in [4.78, 5) is 17.8. The number of aliphatic hydroxyl groups excluding tert-OH is 1. The third-order valence-electron chi connectivity index (χ3n) is 4.46. The van der Waals surface area contributed by atoms with Crippen LogP contribution in [0.15, 0.2) is 30.3 Å². The second kappa shape index (κ2) is 7.23. The zero-order chi connectivity index (χ0) is 16.2. The summed E-state index contributed by atoms with van der Waals surface area (Å²) in [6.07, 6.45) is 3.86. The van der Waals surface area contributed by atoms with Crippen LogP contribution in [0.5, 0.6) is 0 Å². The fraction of sp³-hybridized carbons (Fsp3) is 0.444. The fourth-order valence-electron chi connectivity index (χ4n) is 3.05. The Morgan fingerprint density at radius 2 is 1.96 bits per heavy atom. The number of hydrogen-bond donors (Lipinski definition) is 2. The first-order valence-electron chi connectivity index (χ1n) is 8.12. The lowest BCUT2D eigenvalue weighted by molar-refractivity contribution is 0.0917. The minimum Gasteiger partial charge on any atom is -0.396 e. The minimum absolute atomic E-state index is 0.0189. The van der Waals surface area contributed by atoms with Crippen molar-refractivity contribution in [3.63, 3.8) is 0 Å². The topological polar surface area (TPSA) is 62.2 Å². The number of carbonyl (C=O) groups is 1. The number of nitrogens with zero attached hydrogens (tertiary/aromatic N) is 1. The Kier molecular flexibility index (Phi) is 5.08. The zero-order valence-electron chi connectivity index (χ0n) is 13.3. The largest absolute Gasteiger partial charge is 0.396 e. The van der Waals surface area contributed by atoms with Gasteiger partial charge in [-0.15, -0.1) is 11.3 Å². The molecule has 0 spiro atoms. The van der Waals surface area contributed by atoms with Gasteiger partial charge in [-0.05, 0) is 38.5 Å². The number of hydrogen-bond acceptors (Lipinski definition) is 4. The van der Waals surface area contributed by atoms with E-state index in [4.69, 9.17) is 0 Å². The van der Waals surface area contributed by atoms with Crippen molar-refractivity contribution in [1.29, 1.82) is 0 Å². The zero-order valence-corrected chi connectivity index (χ0v) is 14.1. The highest BCUT2D eigenvalue weighted by Crippen LogP contribution is 2.29. The van der Waals surface area contributed by atoms with Crippen molar-refractivity contribution in [2.24, 2.45) is 5.92 Å². The van der Waals surface area contributed by atoms with Crippen LogP contribution < -0.4 is 5.32 Å². The van der Waals surface area contributed by atoms with Crippen LogP contribution in [0.1, 0.15) is 41.0 Å². The molecule has 4 nitrogen and oxygen atoms in total. The van der Waals surface area contributed by atoms with Crippen molar-refractivity contribution in [2.45, 2.75) is 38.6 Å². The Bertz CT molecular complexity index is 661. The maximum absolute atomic E-state index is 12.5. The quantitative estimate of drug-likeness (QED) is 0.903. The van der Waals surface area contributed by atoms with Crippen molar-refractivity contribution in [3.8, 4) is 10.6 Å². The van der Waals surface area contributed by atoms with E-state index in [9.17, 15) is 9.90 Å². The molecule has 3 rings (SSSR count). The second-order valence-electron chi connectivity index (χ2n) is 6.17. The van der Waals surface area contributed by atoms with Crippen molar-refractivity contribution < 1.29 is 9.90 Å². The third-order valence-corrected chi connectivity index (χ3v) is 5.67. The Morgan fingerprint density at radius 1 is 1.26 bits per heavy atom. The van der Waals surface area contributed by atoms with Crippen LogP contribution >= 0.6 is 11.3 Å². The molecule has 0 atom stereocenters. The summed E-state index contributed by atoms with van der Waals surface area (Å²) in [7, 11) is 0. The highest BCUT2D eigenvalue weighted by molar-refractivity contribution is 7.17. The lowest BCUT2D eigenvalue weighted by Crippen LogP contribution is -2.38. The molecule has 122 valence electrons. The van der Waals surface area contributed by atoms with E-state index in [0.717, 1.165) is 41.9 Å². The molecule has 0 aliphatic heterocycles. The van der Waals surface area contributed by atoms with Crippen LogP contribution in [-0.2, 0) is 0 Å². The fourth-order valence-corrected chi connectivity index (χ4v) is 4.03. The van der Waals surface area contributed by atoms with Gasteiger partial charge in [0.2, 0.25) is 0 Å². The molecule has 5 heteroatoms. The molecule has 1 fully saturated rings. The molecule has 1 aliphatic carbocycles. The van der Waals surface area contributed by atoms with Gasteiger partial charge in [-0.1, -0.05) is 30.3 Å². The molecule has 0 bridgehead atoms. The van der Waals surface area contributed by atoms with E-state index in [-0.39, 0.29) is 18.6 Å². The van der Waals surface area contributed by atoms with Gasteiger partial charge in [0.15, 0.2) is 0 Å². The van der Waals surface area contributed by atoms with E-state index in [2.05, 4.69) is 10.3 Å². The van der Waals surface area contributed by atoms with Gasteiger partial charge in [-0.3, -0.25) is 4.79 Å². The first-order valence-corrected chi connectivity index (χ1v) is 8.93. The molecule has 0 unspecified atom stereocenters. The van der Waals surface area contributed by atoms with Crippen LogP contribution in [0.25, 0.3) is 10.6 Å². The van der Waals surface area contributed by atoms with Gasteiger partial charge in [0.1, 0.15) is 9.88 Å². The predicted octanol–water partition coefficient (Wildman–Crippen LogP) is 3.40. The molecule has 1 saturated carbocycles. The van der Waals surface area contributed by atoms with Gasteiger partial charge in [0.25, 0.3) is 5.91 Å². The lowest BCUT2D eigenvalue weighted by Gasteiger charge is -2.27. The maximum Gasteiger partial charge on any atom is 0.263 e. The number of aryl methyl sites for hydroxylation is 1. The molecule has 1 aromatic carbocycles. The maximum atomic E-state index is 12.5. The summed E-state index contributed by atoms with van der Waals surface area (Å²) in [6.45, 7) is 2.15. The van der Waals surface area contributed by atoms with Crippen molar-refractivity contribution >= 4 is 17.2 Å². The molecular weight excluding hydrogens is 308 g/mol. The van der Waals surface area contributed by atoms with Crippen LogP contribution in [0, 0.1) is 12.8 Å². The summed E-state index contributed by atoms with van der Waals surface area (Å²) in [6, 6.07) is 10.2. The smallest absolute Gasteiger partial charge is 0.263 e. The van der Waals surface area contributed by atoms with Gasteiger partial charge in [0.05, 0.1) is 5.69 Å². The first-order chi connectivity index (χ1) is 11.2. The van der Waals surface area contributed by atoms with Crippen LogP contribution in [0.4, 0.5) is 0 Å². The Morgan fingerprint density at radius 3 is 2.61 bits per heavy atom. The number of benzene rings is 1. The molecule has 0 saturated heterocycles. The number of aromatic nitrogens is 1. The average Bonchev–Trinajstić information content (AvgIpc) is 2.98. The SMILES string of the molecule is Cc1nc(-c2ccccc2)sc1C(=O)NC1CCC(CO)CC1. The molecule has 2 N–H and O–H groups in total. The van der Waals surface area contributed by atoms with E-state index in [0.29, 0.717) is 10.8 Å². The van der Waals surface area contributed by atoms with Gasteiger partial charge < -0.3 is 10.4 Å². The highest BCUT2D eigenvalue weighted by Gasteiger charge is 2.24. The van der Waals surface area contributed by atoms with E-state index >= 15 is 0 Å². The minimum atomic E-state index is -0.0189. The van der Waals surface area contributed by atoms with E-state index in [1.165, 1.54) is 11.3 Å².